The first kappa shape index (κ1) is 35.6. The van der Waals surface area contributed by atoms with Crippen LogP contribution in [0, 0.1) is 0 Å². The standard InChI is InChI=1S/C28H25O5.3C4H9.Sn/c1-5-32-23(16-11-19-9-7-6-8-10-19)27-26-24(31-4)17-22(30-3)18-25(26)33-28(27)20-12-14-21(29-2)15-13-20;3*1-3-4-2;/h6-10,12-15,17-18H,5H2,1-4H3;3*1,3-4H2,2H3;. The Hall–Kier alpha value is -3.28. The average Bonchev–Trinajstić information content (AvgIpc) is 3.49. The van der Waals surface area contributed by atoms with Crippen LogP contribution in [0.2, 0.25) is 13.3 Å². The van der Waals surface area contributed by atoms with E-state index in [0.717, 1.165) is 22.3 Å². The van der Waals surface area contributed by atoms with Crippen molar-refractivity contribution < 1.29 is 23.4 Å². The Morgan fingerprint density at radius 2 is 1.33 bits per heavy atom. The predicted molar refractivity (Wildman–Crippen MR) is 195 cm³/mol. The minimum atomic E-state index is -3.06. The Morgan fingerprint density at radius 3 is 1.85 bits per heavy atom. The van der Waals surface area contributed by atoms with Gasteiger partial charge in [0.05, 0.1) is 0 Å². The molecule has 0 aliphatic rings. The Balaban J connectivity index is 2.19. The van der Waals surface area contributed by atoms with E-state index in [-0.39, 0.29) is 0 Å². The molecular formula is C40H52O5Sn. The van der Waals surface area contributed by atoms with Crippen molar-refractivity contribution in [2.75, 3.05) is 27.9 Å². The fraction of sp³-hybridized carbons (Fsp3) is 0.425. The maximum absolute atomic E-state index is 6.70. The van der Waals surface area contributed by atoms with Crippen molar-refractivity contribution in [1.82, 2.24) is 0 Å². The van der Waals surface area contributed by atoms with Crippen LogP contribution in [0.3, 0.4) is 0 Å². The quantitative estimate of drug-likeness (QED) is 0.0579. The van der Waals surface area contributed by atoms with Crippen LogP contribution < -0.4 is 14.2 Å². The summed E-state index contributed by atoms with van der Waals surface area (Å²) in [5, 5.41) is 0.856. The molecule has 4 aromatic rings. The SMILES string of the molecule is CCC[CH2][Sn]([CH2]CCC)([CH2]CCC)[C](=C=C(OCC)c1c(-c2ccc(OC)cc2)oc2cc(OC)cc(OC)c12)c1ccccc1. The van der Waals surface area contributed by atoms with Crippen LogP contribution in [0.15, 0.2) is 76.9 Å². The molecule has 0 radical (unpaired) electrons. The van der Waals surface area contributed by atoms with Gasteiger partial charge in [-0.1, -0.05) is 0 Å². The molecule has 6 heteroatoms. The van der Waals surface area contributed by atoms with Gasteiger partial charge in [0.25, 0.3) is 0 Å². The van der Waals surface area contributed by atoms with E-state index in [1.165, 1.54) is 61.0 Å². The van der Waals surface area contributed by atoms with Gasteiger partial charge in [-0.3, -0.25) is 0 Å². The number of hydrogen-bond donors (Lipinski definition) is 0. The summed E-state index contributed by atoms with van der Waals surface area (Å²) in [6.07, 6.45) is 7.37. The fourth-order valence-electron chi connectivity index (χ4n) is 6.45. The number of methoxy groups -OCH3 is 3. The van der Waals surface area contributed by atoms with E-state index in [1.54, 1.807) is 21.3 Å². The minimum absolute atomic E-state index is 0.499. The third kappa shape index (κ3) is 8.16. The molecule has 0 unspecified atom stereocenters. The molecule has 0 spiro atoms. The molecule has 1 heterocycles. The van der Waals surface area contributed by atoms with Crippen LogP contribution in [-0.2, 0) is 4.74 Å². The van der Waals surface area contributed by atoms with Crippen LogP contribution in [0.1, 0.15) is 77.3 Å². The number of ether oxygens (including phenoxy) is 4. The van der Waals surface area contributed by atoms with Crippen molar-refractivity contribution in [3.05, 3.63) is 83.6 Å². The first-order valence-electron chi connectivity index (χ1n) is 17.0. The Bertz CT molecular complexity index is 1570. The van der Waals surface area contributed by atoms with Gasteiger partial charge in [-0.15, -0.1) is 0 Å². The zero-order valence-corrected chi connectivity index (χ0v) is 31.8. The molecule has 4 rings (SSSR count). The molecule has 0 atom stereocenters. The zero-order valence-electron chi connectivity index (χ0n) is 29.0. The molecule has 0 saturated carbocycles. The summed E-state index contributed by atoms with van der Waals surface area (Å²) in [5.41, 5.74) is 7.82. The van der Waals surface area contributed by atoms with E-state index < -0.39 is 18.4 Å². The summed E-state index contributed by atoms with van der Waals surface area (Å²) in [4.78, 5) is 0. The molecule has 0 fully saturated rings. The Kier molecular flexibility index (Phi) is 13.6. The number of hydrogen-bond acceptors (Lipinski definition) is 5. The molecule has 46 heavy (non-hydrogen) atoms. The maximum atomic E-state index is 6.70. The van der Waals surface area contributed by atoms with Gasteiger partial charge in [-0.05, 0) is 0 Å². The fourth-order valence-corrected chi connectivity index (χ4v) is 22.9. The van der Waals surface area contributed by atoms with Gasteiger partial charge in [-0.25, -0.2) is 0 Å². The Labute approximate surface area is 280 Å². The molecule has 3 aromatic carbocycles. The molecule has 5 nitrogen and oxygen atoms in total. The molecule has 1 aromatic heterocycles. The summed E-state index contributed by atoms with van der Waals surface area (Å²) >= 11 is -3.06. The van der Waals surface area contributed by atoms with Gasteiger partial charge in [-0.2, -0.15) is 0 Å². The van der Waals surface area contributed by atoms with E-state index in [1.807, 2.05) is 43.3 Å². The van der Waals surface area contributed by atoms with Crippen LogP contribution in [0.5, 0.6) is 17.2 Å². The molecule has 0 N–H and O–H groups in total. The topological polar surface area (TPSA) is 50.1 Å². The zero-order chi connectivity index (χ0) is 32.9. The van der Waals surface area contributed by atoms with Crippen LogP contribution in [0.4, 0.5) is 0 Å². The van der Waals surface area contributed by atoms with Crippen molar-refractivity contribution >= 4 is 38.7 Å². The molecule has 246 valence electrons. The number of rotatable bonds is 18. The summed E-state index contributed by atoms with van der Waals surface area (Å²) in [7, 11) is 5.03. The predicted octanol–water partition coefficient (Wildman–Crippen LogP) is 11.6. The molecular weight excluding hydrogens is 679 g/mol. The van der Waals surface area contributed by atoms with E-state index >= 15 is 0 Å². The third-order valence-corrected chi connectivity index (χ3v) is 24.3. The molecule has 0 bridgehead atoms. The molecule has 0 saturated heterocycles. The third-order valence-electron chi connectivity index (χ3n) is 8.91. The van der Waals surface area contributed by atoms with Crippen molar-refractivity contribution in [2.24, 2.45) is 0 Å². The molecule has 0 aliphatic carbocycles. The van der Waals surface area contributed by atoms with Crippen LogP contribution in [-0.4, -0.2) is 46.3 Å². The van der Waals surface area contributed by atoms with Gasteiger partial charge >= 0.3 is 282 Å². The normalized spacial score (nSPS) is 11.3. The summed E-state index contributed by atoms with van der Waals surface area (Å²) in [6.45, 7) is 9.51. The number of benzene rings is 3. The second-order valence-corrected chi connectivity index (χ2v) is 25.0. The van der Waals surface area contributed by atoms with Gasteiger partial charge < -0.3 is 0 Å². The number of unbranched alkanes of at least 4 members (excludes halogenated alkanes) is 3. The first-order chi connectivity index (χ1) is 22.5. The van der Waals surface area contributed by atoms with Gasteiger partial charge in [0.1, 0.15) is 0 Å². The van der Waals surface area contributed by atoms with Crippen molar-refractivity contribution in [3.8, 4) is 28.6 Å². The monoisotopic (exact) mass is 732 g/mol. The second kappa shape index (κ2) is 17.6. The van der Waals surface area contributed by atoms with E-state index in [4.69, 9.17) is 23.4 Å². The summed E-state index contributed by atoms with van der Waals surface area (Å²) < 4.78 is 35.9. The van der Waals surface area contributed by atoms with E-state index in [9.17, 15) is 0 Å². The average molecular weight is 732 g/mol. The van der Waals surface area contributed by atoms with Crippen molar-refractivity contribution in [1.29, 1.82) is 0 Å². The van der Waals surface area contributed by atoms with Gasteiger partial charge in [0.15, 0.2) is 0 Å². The van der Waals surface area contributed by atoms with Gasteiger partial charge in [0.2, 0.25) is 0 Å². The second-order valence-electron chi connectivity index (χ2n) is 12.0. The van der Waals surface area contributed by atoms with Crippen LogP contribution in [0.25, 0.3) is 31.6 Å². The Morgan fingerprint density at radius 1 is 0.717 bits per heavy atom. The van der Waals surface area contributed by atoms with Crippen LogP contribution >= 0.6 is 0 Å². The number of fused-ring (bicyclic) bond motifs is 1. The van der Waals surface area contributed by atoms with Crippen molar-refractivity contribution in [2.45, 2.75) is 79.5 Å². The summed E-state index contributed by atoms with van der Waals surface area (Å²) in [5.74, 6) is 3.55. The van der Waals surface area contributed by atoms with E-state index in [2.05, 4.69) is 56.8 Å². The molecule has 0 aliphatic heterocycles. The first-order valence-corrected chi connectivity index (χ1v) is 24.5. The van der Waals surface area contributed by atoms with Crippen molar-refractivity contribution in [3.63, 3.8) is 0 Å². The number of furan rings is 1. The summed E-state index contributed by atoms with van der Waals surface area (Å²) in [6, 6.07) is 22.8. The molecule has 0 amide bonds. The van der Waals surface area contributed by atoms with Gasteiger partial charge in [0, 0.05) is 0 Å². The van der Waals surface area contributed by atoms with E-state index in [0.29, 0.717) is 35.2 Å².